The van der Waals surface area contributed by atoms with Crippen LogP contribution in [0.1, 0.15) is 23.6 Å². The number of ether oxygens (including phenoxy) is 1. The minimum absolute atomic E-state index is 0.0426. The first-order valence-corrected chi connectivity index (χ1v) is 8.31. The summed E-state index contributed by atoms with van der Waals surface area (Å²) in [6.45, 7) is 0.535. The second kappa shape index (κ2) is 9.18. The van der Waals surface area contributed by atoms with E-state index in [2.05, 4.69) is 22.3 Å². The molecule has 1 atom stereocenters. The van der Waals surface area contributed by atoms with E-state index in [1.807, 2.05) is 32.3 Å². The molecule has 0 spiro atoms. The number of carbonyl (C=O) groups is 1. The Morgan fingerprint density at radius 2 is 1.92 bits per heavy atom. The lowest BCUT2D eigenvalue weighted by atomic mass is 10.1. The summed E-state index contributed by atoms with van der Waals surface area (Å²) in [6, 6.07) is 15.0. The van der Waals surface area contributed by atoms with Crippen LogP contribution in [-0.2, 0) is 11.2 Å². The first kappa shape index (κ1) is 18.9. The highest BCUT2D eigenvalue weighted by Crippen LogP contribution is 2.19. The van der Waals surface area contributed by atoms with E-state index < -0.39 is 5.82 Å². The molecule has 0 aliphatic heterocycles. The Kier molecular flexibility index (Phi) is 6.95. The molecule has 1 N–H and O–H groups in total. The fraction of sp³-hybridized carbons (Fsp3) is 0.350. The van der Waals surface area contributed by atoms with Crippen molar-refractivity contribution in [3.63, 3.8) is 0 Å². The number of amides is 1. The fourth-order valence-electron chi connectivity index (χ4n) is 2.70. The number of nitrogens with one attached hydrogen (secondary N) is 1. The molecule has 2 rings (SSSR count). The van der Waals surface area contributed by atoms with Gasteiger partial charge in [0.2, 0.25) is 5.91 Å². The fourth-order valence-corrected chi connectivity index (χ4v) is 2.70. The van der Waals surface area contributed by atoms with Crippen LogP contribution in [0.4, 0.5) is 4.39 Å². The van der Waals surface area contributed by atoms with Gasteiger partial charge in [-0.05, 0) is 43.8 Å². The number of carbonyl (C=O) groups excluding carboxylic acids is 1. The zero-order valence-corrected chi connectivity index (χ0v) is 15.0. The lowest BCUT2D eigenvalue weighted by molar-refractivity contribution is -0.121. The second-order valence-corrected chi connectivity index (χ2v) is 6.16. The number of halogens is 1. The highest BCUT2D eigenvalue weighted by atomic mass is 19.1. The molecule has 0 saturated carbocycles. The van der Waals surface area contributed by atoms with Crippen LogP contribution < -0.4 is 10.1 Å². The largest absolute Gasteiger partial charge is 0.494 e. The van der Waals surface area contributed by atoms with E-state index >= 15 is 0 Å². The molecule has 2 aromatic carbocycles. The standard InChI is InChI=1S/C20H25FN2O2/c1-23(2)18(16-7-5-4-6-8-16)14-22-20(24)12-10-15-9-11-19(25-3)17(21)13-15/h4-9,11,13,18H,10,12,14H2,1-3H3,(H,22,24). The zero-order chi connectivity index (χ0) is 18.2. The Balaban J connectivity index is 1.86. The molecular weight excluding hydrogens is 319 g/mol. The van der Waals surface area contributed by atoms with Crippen molar-refractivity contribution in [2.45, 2.75) is 18.9 Å². The van der Waals surface area contributed by atoms with E-state index in [0.29, 0.717) is 19.4 Å². The molecule has 134 valence electrons. The molecule has 0 aromatic heterocycles. The smallest absolute Gasteiger partial charge is 0.220 e. The van der Waals surface area contributed by atoms with Crippen LogP contribution in [-0.4, -0.2) is 38.6 Å². The van der Waals surface area contributed by atoms with Gasteiger partial charge in [0, 0.05) is 13.0 Å². The molecule has 0 heterocycles. The molecule has 0 radical (unpaired) electrons. The average molecular weight is 344 g/mol. The Morgan fingerprint density at radius 3 is 2.52 bits per heavy atom. The summed E-state index contributed by atoms with van der Waals surface area (Å²) >= 11 is 0. The number of likely N-dealkylation sites (N-methyl/N-ethyl adjacent to an activating group) is 1. The molecule has 5 heteroatoms. The van der Waals surface area contributed by atoms with E-state index in [0.717, 1.165) is 11.1 Å². The highest BCUT2D eigenvalue weighted by Gasteiger charge is 2.15. The number of hydrogen-bond acceptors (Lipinski definition) is 3. The average Bonchev–Trinajstić information content (AvgIpc) is 2.61. The minimum Gasteiger partial charge on any atom is -0.494 e. The number of hydrogen-bond donors (Lipinski definition) is 1. The molecule has 0 saturated heterocycles. The summed E-state index contributed by atoms with van der Waals surface area (Å²) in [4.78, 5) is 14.2. The molecule has 1 amide bonds. The molecule has 0 fully saturated rings. The molecule has 4 nitrogen and oxygen atoms in total. The Hall–Kier alpha value is -2.40. The van der Waals surface area contributed by atoms with Crippen molar-refractivity contribution in [2.75, 3.05) is 27.7 Å². The number of rotatable bonds is 8. The molecule has 1 unspecified atom stereocenters. The van der Waals surface area contributed by atoms with Gasteiger partial charge in [0.05, 0.1) is 13.2 Å². The first-order chi connectivity index (χ1) is 12.0. The van der Waals surface area contributed by atoms with Gasteiger partial charge in [0.1, 0.15) is 0 Å². The van der Waals surface area contributed by atoms with Crippen molar-refractivity contribution in [3.8, 4) is 5.75 Å². The highest BCUT2D eigenvalue weighted by molar-refractivity contribution is 5.76. The summed E-state index contributed by atoms with van der Waals surface area (Å²) in [6.07, 6.45) is 0.811. The maximum atomic E-state index is 13.7. The predicted octanol–water partition coefficient (Wildman–Crippen LogP) is 3.19. The van der Waals surface area contributed by atoms with Crippen molar-refractivity contribution in [1.82, 2.24) is 10.2 Å². The van der Waals surface area contributed by atoms with Gasteiger partial charge in [0.25, 0.3) is 0 Å². The van der Waals surface area contributed by atoms with E-state index in [1.54, 1.807) is 12.1 Å². The van der Waals surface area contributed by atoms with Crippen molar-refractivity contribution in [3.05, 3.63) is 65.5 Å². The molecule has 2 aromatic rings. The summed E-state index contributed by atoms with van der Waals surface area (Å²) < 4.78 is 18.6. The number of benzene rings is 2. The summed E-state index contributed by atoms with van der Waals surface area (Å²) in [7, 11) is 5.41. The molecule has 25 heavy (non-hydrogen) atoms. The number of nitrogens with zero attached hydrogens (tertiary/aromatic N) is 1. The van der Waals surface area contributed by atoms with Gasteiger partial charge in [-0.25, -0.2) is 4.39 Å². The van der Waals surface area contributed by atoms with Gasteiger partial charge < -0.3 is 15.0 Å². The molecular formula is C20H25FN2O2. The quantitative estimate of drug-likeness (QED) is 0.800. The van der Waals surface area contributed by atoms with E-state index in [4.69, 9.17) is 4.74 Å². The topological polar surface area (TPSA) is 41.6 Å². The monoisotopic (exact) mass is 344 g/mol. The predicted molar refractivity (Wildman–Crippen MR) is 97.2 cm³/mol. The third-order valence-electron chi connectivity index (χ3n) is 4.16. The van der Waals surface area contributed by atoms with Crippen LogP contribution in [0.5, 0.6) is 5.75 Å². The van der Waals surface area contributed by atoms with Crippen LogP contribution in [0.25, 0.3) is 0 Å². The van der Waals surface area contributed by atoms with Crippen LogP contribution in [0.2, 0.25) is 0 Å². The summed E-state index contributed by atoms with van der Waals surface area (Å²) in [5.74, 6) is -0.235. The molecule has 0 aliphatic rings. The van der Waals surface area contributed by atoms with Crippen molar-refractivity contribution in [1.29, 1.82) is 0 Å². The third kappa shape index (κ3) is 5.57. The van der Waals surface area contributed by atoms with Crippen molar-refractivity contribution in [2.24, 2.45) is 0 Å². The minimum atomic E-state index is -0.405. The first-order valence-electron chi connectivity index (χ1n) is 8.31. The summed E-state index contributed by atoms with van der Waals surface area (Å²) in [5, 5.41) is 2.97. The van der Waals surface area contributed by atoms with Crippen LogP contribution in [0, 0.1) is 5.82 Å². The lowest BCUT2D eigenvalue weighted by Crippen LogP contribution is -2.34. The maximum Gasteiger partial charge on any atom is 0.220 e. The summed E-state index contributed by atoms with van der Waals surface area (Å²) in [5.41, 5.74) is 1.94. The molecule has 0 bridgehead atoms. The Bertz CT molecular complexity index is 689. The van der Waals surface area contributed by atoms with Gasteiger partial charge in [-0.15, -0.1) is 0 Å². The SMILES string of the molecule is COc1ccc(CCC(=O)NCC(c2ccccc2)N(C)C)cc1F. The number of methoxy groups -OCH3 is 1. The number of aryl methyl sites for hydroxylation is 1. The zero-order valence-electron chi connectivity index (χ0n) is 15.0. The lowest BCUT2D eigenvalue weighted by Gasteiger charge is -2.25. The van der Waals surface area contributed by atoms with Crippen molar-refractivity contribution >= 4 is 5.91 Å². The second-order valence-electron chi connectivity index (χ2n) is 6.16. The normalized spacial score (nSPS) is 12.0. The van der Waals surface area contributed by atoms with Gasteiger partial charge in [0.15, 0.2) is 11.6 Å². The van der Waals surface area contributed by atoms with Crippen LogP contribution in [0.15, 0.2) is 48.5 Å². The van der Waals surface area contributed by atoms with Crippen LogP contribution in [0.3, 0.4) is 0 Å². The van der Waals surface area contributed by atoms with Gasteiger partial charge in [-0.2, -0.15) is 0 Å². The van der Waals surface area contributed by atoms with Crippen LogP contribution >= 0.6 is 0 Å². The van der Waals surface area contributed by atoms with Gasteiger partial charge in [-0.3, -0.25) is 4.79 Å². The van der Waals surface area contributed by atoms with E-state index in [1.165, 1.54) is 13.2 Å². The van der Waals surface area contributed by atoms with E-state index in [-0.39, 0.29) is 17.7 Å². The third-order valence-corrected chi connectivity index (χ3v) is 4.16. The van der Waals surface area contributed by atoms with Gasteiger partial charge >= 0.3 is 0 Å². The Labute approximate surface area is 148 Å². The van der Waals surface area contributed by atoms with E-state index in [9.17, 15) is 9.18 Å². The Morgan fingerprint density at radius 1 is 1.20 bits per heavy atom. The van der Waals surface area contributed by atoms with Crippen molar-refractivity contribution < 1.29 is 13.9 Å². The molecule has 0 aliphatic carbocycles. The maximum absolute atomic E-state index is 13.7. The van der Waals surface area contributed by atoms with Gasteiger partial charge in [-0.1, -0.05) is 36.4 Å².